The minimum Gasteiger partial charge on any atom is -0.456 e. The van der Waals surface area contributed by atoms with E-state index in [4.69, 9.17) is 4.42 Å². The molecule has 0 saturated heterocycles. The highest BCUT2D eigenvalue weighted by Crippen LogP contribution is 2.72. The number of furan rings is 1. The maximum Gasteiger partial charge on any atom is 0.137 e. The van der Waals surface area contributed by atoms with Gasteiger partial charge >= 0.3 is 0 Å². The van der Waals surface area contributed by atoms with E-state index in [1.807, 2.05) is 0 Å². The zero-order valence-electron chi connectivity index (χ0n) is 34.7. The van der Waals surface area contributed by atoms with Crippen LogP contribution in [0.4, 0.5) is 17.1 Å². The molecular formula is C59H49NO. The monoisotopic (exact) mass is 787 g/mol. The first-order chi connectivity index (χ1) is 30.1. The highest BCUT2D eigenvalue weighted by molar-refractivity contribution is 6.07. The molecule has 8 aromatic rings. The number of hydrogen-bond acceptors (Lipinski definition) is 2. The lowest BCUT2D eigenvalue weighted by atomic mass is 9.42. The Balaban J connectivity index is 0.919. The van der Waals surface area contributed by atoms with Crippen molar-refractivity contribution in [3.8, 4) is 33.4 Å². The first kappa shape index (κ1) is 35.4. The molecular weight excluding hydrogens is 739 g/mol. The summed E-state index contributed by atoms with van der Waals surface area (Å²) in [5, 5.41) is 2.32. The van der Waals surface area contributed by atoms with Crippen molar-refractivity contribution in [2.45, 2.75) is 50.4 Å². The van der Waals surface area contributed by atoms with E-state index in [1.165, 1.54) is 70.9 Å². The van der Waals surface area contributed by atoms with Gasteiger partial charge in [-0.15, -0.1) is 0 Å². The van der Waals surface area contributed by atoms with Crippen molar-refractivity contribution in [3.63, 3.8) is 0 Å². The van der Waals surface area contributed by atoms with Crippen molar-refractivity contribution < 1.29 is 4.42 Å². The van der Waals surface area contributed by atoms with Crippen LogP contribution in [0.15, 0.2) is 192 Å². The molecule has 6 aliphatic carbocycles. The van der Waals surface area contributed by atoms with Crippen LogP contribution in [0, 0.1) is 29.6 Å². The van der Waals surface area contributed by atoms with E-state index in [-0.39, 0.29) is 5.41 Å². The maximum atomic E-state index is 6.95. The van der Waals surface area contributed by atoms with Crippen molar-refractivity contribution in [2.24, 2.45) is 29.6 Å². The summed E-state index contributed by atoms with van der Waals surface area (Å²) >= 11 is 0. The van der Waals surface area contributed by atoms with Gasteiger partial charge in [-0.25, -0.2) is 0 Å². The Morgan fingerprint density at radius 1 is 0.508 bits per heavy atom. The van der Waals surface area contributed by atoms with E-state index < -0.39 is 0 Å². The number of nitrogens with zero attached hydrogens (tertiary/aromatic N) is 1. The lowest BCUT2D eigenvalue weighted by Gasteiger charge is -2.62. The van der Waals surface area contributed by atoms with E-state index in [1.54, 1.807) is 16.7 Å². The predicted molar refractivity (Wildman–Crippen MR) is 253 cm³/mol. The number of fused-ring (bicyclic) bond motifs is 6. The second kappa shape index (κ2) is 13.6. The molecule has 1 heterocycles. The van der Waals surface area contributed by atoms with Gasteiger partial charge in [0.15, 0.2) is 0 Å². The van der Waals surface area contributed by atoms with Crippen LogP contribution in [0.5, 0.6) is 0 Å². The molecule has 6 aliphatic rings. The molecule has 61 heavy (non-hydrogen) atoms. The molecule has 2 heteroatoms. The third kappa shape index (κ3) is 5.34. The molecule has 2 nitrogen and oxygen atoms in total. The molecule has 2 unspecified atom stereocenters. The fourth-order valence-corrected chi connectivity index (χ4v) is 13.5. The molecule has 0 amide bonds. The van der Waals surface area contributed by atoms with Gasteiger partial charge in [0.25, 0.3) is 0 Å². The van der Waals surface area contributed by atoms with Crippen molar-refractivity contribution in [3.05, 3.63) is 199 Å². The number of hydrogen-bond donors (Lipinski definition) is 0. The van der Waals surface area contributed by atoms with Gasteiger partial charge in [-0.2, -0.15) is 0 Å². The first-order valence-corrected chi connectivity index (χ1v) is 22.7. The molecule has 4 saturated carbocycles. The molecule has 1 spiro atoms. The third-order valence-corrected chi connectivity index (χ3v) is 15.8. The minimum absolute atomic E-state index is 0.156. The number of allylic oxidation sites excluding steroid dienone is 4. The van der Waals surface area contributed by atoms with E-state index in [2.05, 4.69) is 194 Å². The normalized spacial score (nSPS) is 25.6. The van der Waals surface area contributed by atoms with E-state index >= 15 is 0 Å². The molecule has 2 atom stereocenters. The molecule has 0 aliphatic heterocycles. The van der Waals surface area contributed by atoms with Crippen molar-refractivity contribution in [1.82, 2.24) is 0 Å². The average molecular weight is 788 g/mol. The van der Waals surface area contributed by atoms with Crippen LogP contribution >= 0.6 is 0 Å². The summed E-state index contributed by atoms with van der Waals surface area (Å²) in [6, 6.07) is 60.2. The predicted octanol–water partition coefficient (Wildman–Crippen LogP) is 16.0. The van der Waals surface area contributed by atoms with Crippen molar-refractivity contribution in [2.75, 3.05) is 4.90 Å². The number of rotatable bonds is 6. The Morgan fingerprint density at radius 3 is 1.67 bits per heavy atom. The Hall–Kier alpha value is -6.38. The fourth-order valence-electron chi connectivity index (χ4n) is 13.5. The zero-order valence-corrected chi connectivity index (χ0v) is 34.7. The van der Waals surface area contributed by atoms with Crippen LogP contribution in [0.2, 0.25) is 0 Å². The summed E-state index contributed by atoms with van der Waals surface area (Å²) in [7, 11) is 0. The second-order valence-electron chi connectivity index (χ2n) is 18.9. The highest BCUT2D eigenvalue weighted by atomic mass is 16.3. The smallest absolute Gasteiger partial charge is 0.137 e. The second-order valence-corrected chi connectivity index (χ2v) is 18.9. The Kier molecular flexibility index (Phi) is 7.87. The van der Waals surface area contributed by atoms with Crippen LogP contribution in [-0.2, 0) is 5.41 Å². The summed E-state index contributed by atoms with van der Waals surface area (Å²) in [6.07, 6.45) is 14.5. The van der Waals surface area contributed by atoms with Crippen LogP contribution in [0.3, 0.4) is 0 Å². The molecule has 4 fully saturated rings. The summed E-state index contributed by atoms with van der Waals surface area (Å²) < 4.78 is 6.95. The van der Waals surface area contributed by atoms with E-state index in [9.17, 15) is 0 Å². The molecule has 1 aromatic heterocycles. The van der Waals surface area contributed by atoms with Crippen LogP contribution in [-0.4, -0.2) is 0 Å². The summed E-state index contributed by atoms with van der Waals surface area (Å²) in [4.78, 5) is 2.35. The fraction of sp³-hybridized carbons (Fsp3) is 0.220. The van der Waals surface area contributed by atoms with Crippen LogP contribution in [0.25, 0.3) is 55.3 Å². The van der Waals surface area contributed by atoms with Gasteiger partial charge in [-0.05, 0) is 155 Å². The largest absolute Gasteiger partial charge is 0.456 e. The van der Waals surface area contributed by atoms with Gasteiger partial charge in [0.05, 0.1) is 0 Å². The zero-order chi connectivity index (χ0) is 40.2. The number of benzene rings is 7. The molecule has 0 N–H and O–H groups in total. The van der Waals surface area contributed by atoms with E-state index in [0.717, 1.165) is 57.3 Å². The van der Waals surface area contributed by atoms with Crippen molar-refractivity contribution >= 4 is 39.0 Å². The molecule has 0 radical (unpaired) electrons. The minimum atomic E-state index is 0.156. The molecule has 4 bridgehead atoms. The topological polar surface area (TPSA) is 16.4 Å². The maximum absolute atomic E-state index is 6.95. The number of anilines is 3. The summed E-state index contributed by atoms with van der Waals surface area (Å²) in [6.45, 7) is 2.45. The summed E-state index contributed by atoms with van der Waals surface area (Å²) in [5.74, 6) is 4.35. The standard InChI is InChI=1S/C59H49NO/c1-37-10-8-17-54-57(37)53-16-9-15-50(58(53)59(54)45-31-38-30-39(33-45)34-46(59)32-38)44-22-28-51-52-29-27-49(36-56(52)61-55(51)35-44)60(47-23-18-42(19-24-47)40-11-4-2-5-12-40)48-25-20-43(21-26-48)41-13-6-3-7-14-41/h2-29,35-39,45-46,57H,30-34H2,1H3. The highest BCUT2D eigenvalue weighted by Gasteiger charge is 2.64. The molecule has 296 valence electrons. The molecule has 7 aromatic carbocycles. The van der Waals surface area contributed by atoms with Gasteiger partial charge in [0.1, 0.15) is 11.2 Å². The Bertz CT molecular complexity index is 2930. The average Bonchev–Trinajstić information content (AvgIpc) is 3.83. The van der Waals surface area contributed by atoms with E-state index in [0.29, 0.717) is 11.8 Å². The van der Waals surface area contributed by atoms with Crippen molar-refractivity contribution in [1.29, 1.82) is 0 Å². The van der Waals surface area contributed by atoms with Crippen LogP contribution in [0.1, 0.15) is 56.1 Å². The Morgan fingerprint density at radius 2 is 1.05 bits per heavy atom. The van der Waals surface area contributed by atoms with Gasteiger partial charge in [0, 0.05) is 45.2 Å². The van der Waals surface area contributed by atoms with Crippen LogP contribution < -0.4 is 4.90 Å². The Labute approximate surface area is 358 Å². The first-order valence-electron chi connectivity index (χ1n) is 22.7. The van der Waals surface area contributed by atoms with Gasteiger partial charge in [0.2, 0.25) is 0 Å². The van der Waals surface area contributed by atoms with Gasteiger partial charge in [-0.1, -0.05) is 140 Å². The lowest BCUT2D eigenvalue weighted by molar-refractivity contribution is -0.0424. The SMILES string of the molecule is CC1C=CC=C2C1c1cccc(-c3ccc4c(c3)oc3cc(N(c5ccc(-c6ccccc6)cc5)c5ccc(-c6ccccc6)cc5)ccc34)c1C21C2CC3CC(C2)CC1C3. The van der Waals surface area contributed by atoms with Gasteiger partial charge < -0.3 is 9.32 Å². The lowest BCUT2D eigenvalue weighted by Crippen LogP contribution is -2.55. The summed E-state index contributed by atoms with van der Waals surface area (Å²) in [5.41, 5.74) is 17.8. The molecule has 14 rings (SSSR count). The quantitative estimate of drug-likeness (QED) is 0.167. The van der Waals surface area contributed by atoms with Gasteiger partial charge in [-0.3, -0.25) is 0 Å². The third-order valence-electron chi connectivity index (χ3n) is 15.8.